The molecule has 0 aliphatic rings. The monoisotopic (exact) mass is 276 g/mol. The van der Waals surface area contributed by atoms with E-state index in [0.29, 0.717) is 0 Å². The zero-order valence-corrected chi connectivity index (χ0v) is 9.09. The molecule has 0 saturated heterocycles. The van der Waals surface area contributed by atoms with Crippen LogP contribution in [0.15, 0.2) is 0 Å². The van der Waals surface area contributed by atoms with Crippen molar-refractivity contribution in [3.05, 3.63) is 28.8 Å². The number of alkyl halides is 3. The van der Waals surface area contributed by atoms with Gasteiger partial charge in [0.1, 0.15) is 0 Å². The Labute approximate surface area is 96.8 Å². The summed E-state index contributed by atoms with van der Waals surface area (Å²) in [6.07, 6.45) is 0. The van der Waals surface area contributed by atoms with Gasteiger partial charge in [-0.2, -0.15) is 8.78 Å². The first kappa shape index (κ1) is 14.6. The van der Waals surface area contributed by atoms with E-state index in [0.717, 1.165) is 0 Å². The van der Waals surface area contributed by atoms with E-state index < -0.39 is 46.2 Å². The first-order chi connectivity index (χ1) is 7.93. The van der Waals surface area contributed by atoms with Crippen molar-refractivity contribution >= 4 is 0 Å². The molecule has 1 N–H and O–H groups in total. The standard InChI is InChI=1S/C10H7F7O/c1-9(15,10(2,16)17)3-4(11)6(13)8(18)7(14)5(3)12/h18H,1-2H3. The Morgan fingerprint density at radius 3 is 1.39 bits per heavy atom. The number of rotatable bonds is 2. The normalized spacial score (nSPS) is 15.6. The lowest BCUT2D eigenvalue weighted by Gasteiger charge is -2.28. The van der Waals surface area contributed by atoms with Crippen LogP contribution in [-0.2, 0) is 5.67 Å². The molecule has 0 amide bonds. The summed E-state index contributed by atoms with van der Waals surface area (Å²) in [6.45, 7) is 0.0684. The summed E-state index contributed by atoms with van der Waals surface area (Å²) in [5.41, 5.74) is -6.10. The lowest BCUT2D eigenvalue weighted by molar-refractivity contribution is -0.122. The SMILES string of the molecule is CC(F)(F)C(C)(F)c1c(F)c(F)c(O)c(F)c1F. The van der Waals surface area contributed by atoms with Gasteiger partial charge in [-0.15, -0.1) is 0 Å². The van der Waals surface area contributed by atoms with Crippen molar-refractivity contribution in [2.24, 2.45) is 0 Å². The van der Waals surface area contributed by atoms with E-state index in [1.54, 1.807) is 0 Å². The molecule has 0 saturated carbocycles. The minimum absolute atomic E-state index is 0.00541. The van der Waals surface area contributed by atoms with Gasteiger partial charge in [0.2, 0.25) is 17.3 Å². The molecule has 0 fully saturated rings. The predicted octanol–water partition coefficient (Wildman–Crippen LogP) is 3.79. The van der Waals surface area contributed by atoms with Crippen LogP contribution >= 0.6 is 0 Å². The van der Waals surface area contributed by atoms with Crippen LogP contribution in [0, 0.1) is 23.3 Å². The minimum atomic E-state index is -4.30. The highest BCUT2D eigenvalue weighted by Gasteiger charge is 2.53. The Morgan fingerprint density at radius 2 is 1.11 bits per heavy atom. The Bertz CT molecular complexity index is 461. The molecule has 102 valence electrons. The summed E-state index contributed by atoms with van der Waals surface area (Å²) in [6, 6.07) is 0. The zero-order valence-electron chi connectivity index (χ0n) is 9.09. The van der Waals surface area contributed by atoms with E-state index in [9.17, 15) is 30.7 Å². The number of hydrogen-bond acceptors (Lipinski definition) is 1. The van der Waals surface area contributed by atoms with E-state index >= 15 is 0 Å². The van der Waals surface area contributed by atoms with Crippen molar-refractivity contribution in [3.63, 3.8) is 0 Å². The van der Waals surface area contributed by atoms with Crippen LogP contribution < -0.4 is 0 Å². The molecule has 1 rings (SSSR count). The minimum Gasteiger partial charge on any atom is -0.503 e. The molecular formula is C10H7F7O. The molecule has 0 heterocycles. The molecule has 1 aromatic rings. The first-order valence-corrected chi connectivity index (χ1v) is 4.55. The van der Waals surface area contributed by atoms with Gasteiger partial charge in [-0.05, 0) is 6.92 Å². The van der Waals surface area contributed by atoms with E-state index in [1.165, 1.54) is 0 Å². The quantitative estimate of drug-likeness (QED) is 0.643. The molecule has 1 atom stereocenters. The molecule has 0 aromatic heterocycles. The summed E-state index contributed by atoms with van der Waals surface area (Å²) in [5, 5.41) is 8.62. The van der Waals surface area contributed by atoms with Crippen LogP contribution in [0.2, 0.25) is 0 Å². The highest BCUT2D eigenvalue weighted by molar-refractivity contribution is 5.37. The van der Waals surface area contributed by atoms with Crippen molar-refractivity contribution in [2.45, 2.75) is 25.4 Å². The Morgan fingerprint density at radius 1 is 0.778 bits per heavy atom. The Kier molecular flexibility index (Phi) is 3.27. The van der Waals surface area contributed by atoms with Crippen LogP contribution in [0.5, 0.6) is 5.75 Å². The van der Waals surface area contributed by atoms with Gasteiger partial charge in [0.25, 0.3) is 5.92 Å². The van der Waals surface area contributed by atoms with Gasteiger partial charge < -0.3 is 5.11 Å². The highest BCUT2D eigenvalue weighted by atomic mass is 19.3. The van der Waals surface area contributed by atoms with Gasteiger partial charge in [0.15, 0.2) is 17.4 Å². The van der Waals surface area contributed by atoms with Crippen LogP contribution in [0.1, 0.15) is 19.4 Å². The summed E-state index contributed by atoms with van der Waals surface area (Å²) in [7, 11) is 0. The molecule has 0 aliphatic carbocycles. The number of aromatic hydroxyl groups is 1. The van der Waals surface area contributed by atoms with Crippen LogP contribution in [-0.4, -0.2) is 11.0 Å². The largest absolute Gasteiger partial charge is 0.503 e. The molecule has 1 unspecified atom stereocenters. The van der Waals surface area contributed by atoms with Crippen molar-refractivity contribution in [2.75, 3.05) is 0 Å². The third-order valence-corrected chi connectivity index (χ3v) is 2.53. The number of halogens is 7. The second kappa shape index (κ2) is 4.03. The van der Waals surface area contributed by atoms with E-state index in [-0.39, 0.29) is 13.8 Å². The third kappa shape index (κ3) is 1.89. The smallest absolute Gasteiger partial charge is 0.282 e. The number of benzene rings is 1. The fraction of sp³-hybridized carbons (Fsp3) is 0.400. The first-order valence-electron chi connectivity index (χ1n) is 4.55. The van der Waals surface area contributed by atoms with Crippen LogP contribution in [0.3, 0.4) is 0 Å². The highest BCUT2D eigenvalue weighted by Crippen LogP contribution is 2.45. The van der Waals surface area contributed by atoms with Gasteiger partial charge in [-0.25, -0.2) is 22.0 Å². The van der Waals surface area contributed by atoms with Gasteiger partial charge in [0.05, 0.1) is 5.56 Å². The zero-order chi connectivity index (χ0) is 14.5. The molecule has 8 heteroatoms. The molecular weight excluding hydrogens is 269 g/mol. The summed E-state index contributed by atoms with van der Waals surface area (Å²) in [4.78, 5) is 0. The van der Waals surface area contributed by atoms with Crippen LogP contribution in [0.25, 0.3) is 0 Å². The molecule has 0 bridgehead atoms. The van der Waals surface area contributed by atoms with Crippen molar-refractivity contribution in [3.8, 4) is 5.75 Å². The number of phenols is 1. The van der Waals surface area contributed by atoms with E-state index in [2.05, 4.69) is 0 Å². The van der Waals surface area contributed by atoms with Gasteiger partial charge in [-0.3, -0.25) is 0 Å². The second-order valence-electron chi connectivity index (χ2n) is 3.87. The maximum Gasteiger partial charge on any atom is 0.282 e. The third-order valence-electron chi connectivity index (χ3n) is 2.53. The van der Waals surface area contributed by atoms with Crippen molar-refractivity contribution in [1.82, 2.24) is 0 Å². The molecule has 0 radical (unpaired) electrons. The number of phenolic OH excluding ortho intramolecular Hbond substituents is 1. The summed E-state index contributed by atoms with van der Waals surface area (Å²) in [5.74, 6) is -15.8. The lowest BCUT2D eigenvalue weighted by Crippen LogP contribution is -2.38. The molecule has 1 nitrogen and oxygen atoms in total. The maximum atomic E-state index is 13.7. The average molecular weight is 276 g/mol. The molecule has 0 spiro atoms. The Hall–Kier alpha value is -1.47. The van der Waals surface area contributed by atoms with Gasteiger partial charge in [-0.1, -0.05) is 0 Å². The Balaban J connectivity index is 3.72. The summed E-state index contributed by atoms with van der Waals surface area (Å²) < 4.78 is 91.7. The topological polar surface area (TPSA) is 20.2 Å². The van der Waals surface area contributed by atoms with Crippen molar-refractivity contribution < 1.29 is 35.8 Å². The van der Waals surface area contributed by atoms with Crippen molar-refractivity contribution in [1.29, 1.82) is 0 Å². The van der Waals surface area contributed by atoms with Gasteiger partial charge in [0, 0.05) is 6.92 Å². The predicted molar refractivity (Wildman–Crippen MR) is 47.0 cm³/mol. The van der Waals surface area contributed by atoms with E-state index in [4.69, 9.17) is 5.11 Å². The summed E-state index contributed by atoms with van der Waals surface area (Å²) >= 11 is 0. The average Bonchev–Trinajstić information content (AvgIpc) is 2.22. The fourth-order valence-electron chi connectivity index (χ4n) is 1.25. The lowest BCUT2D eigenvalue weighted by atomic mass is 9.90. The maximum absolute atomic E-state index is 13.7. The van der Waals surface area contributed by atoms with Crippen LogP contribution in [0.4, 0.5) is 30.7 Å². The number of hydrogen-bond donors (Lipinski definition) is 1. The second-order valence-corrected chi connectivity index (χ2v) is 3.87. The molecule has 18 heavy (non-hydrogen) atoms. The molecule has 1 aromatic carbocycles. The fourth-order valence-corrected chi connectivity index (χ4v) is 1.25. The molecule has 0 aliphatic heterocycles. The van der Waals surface area contributed by atoms with Gasteiger partial charge >= 0.3 is 0 Å². The van der Waals surface area contributed by atoms with E-state index in [1.807, 2.05) is 0 Å².